The van der Waals surface area contributed by atoms with Crippen molar-refractivity contribution in [2.24, 2.45) is 5.92 Å². The number of aryl methyl sites for hydroxylation is 1. The molecule has 1 aliphatic carbocycles. The Hall–Kier alpha value is -3.75. The van der Waals surface area contributed by atoms with Crippen LogP contribution in [0.1, 0.15) is 68.7 Å². The highest BCUT2D eigenvalue weighted by molar-refractivity contribution is 5.94. The zero-order valence-corrected chi connectivity index (χ0v) is 23.8. The van der Waals surface area contributed by atoms with Crippen LogP contribution >= 0.6 is 0 Å². The summed E-state index contributed by atoms with van der Waals surface area (Å²) in [5, 5.41) is 8.88. The van der Waals surface area contributed by atoms with Crippen LogP contribution in [-0.2, 0) is 22.6 Å². The Kier molecular flexibility index (Phi) is 8.37. The molecule has 1 saturated carbocycles. The van der Waals surface area contributed by atoms with E-state index in [1.165, 1.54) is 0 Å². The number of alkyl carbamates (subject to hydrolysis) is 1. The molecule has 0 unspecified atom stereocenters. The summed E-state index contributed by atoms with van der Waals surface area (Å²) in [7, 11) is 1.62. The highest BCUT2D eigenvalue weighted by atomic mass is 16.6. The molecular formula is C30H40N4O5. The van der Waals surface area contributed by atoms with E-state index in [-0.39, 0.29) is 23.9 Å². The fraction of sp³-hybridized carbons (Fsp3) is 0.500. The van der Waals surface area contributed by atoms with Gasteiger partial charge < -0.3 is 30.3 Å². The smallest absolute Gasteiger partial charge is 0.407 e. The monoisotopic (exact) mass is 536 g/mol. The first-order valence-electron chi connectivity index (χ1n) is 13.6. The van der Waals surface area contributed by atoms with Crippen LogP contribution in [-0.4, -0.2) is 41.7 Å². The molecule has 0 radical (unpaired) electrons. The summed E-state index contributed by atoms with van der Waals surface area (Å²) >= 11 is 0. The predicted molar refractivity (Wildman–Crippen MR) is 151 cm³/mol. The number of methoxy groups -OCH3 is 1. The fourth-order valence-corrected chi connectivity index (χ4v) is 5.32. The van der Waals surface area contributed by atoms with Crippen molar-refractivity contribution < 1.29 is 23.9 Å². The van der Waals surface area contributed by atoms with Crippen molar-refractivity contribution in [3.63, 3.8) is 0 Å². The molecule has 9 heteroatoms. The summed E-state index contributed by atoms with van der Waals surface area (Å²) in [6, 6.07) is 9.43. The molecule has 2 aromatic carbocycles. The topological polar surface area (TPSA) is 109 Å². The van der Waals surface area contributed by atoms with Crippen molar-refractivity contribution in [3.05, 3.63) is 52.6 Å². The van der Waals surface area contributed by atoms with E-state index in [0.29, 0.717) is 13.1 Å². The SMILES string of the molecule is COc1cc(NC(=O)C2CCC(N3Cc4c(ccc(CNC(=O)OC(C)(C)C)c4C)NC3=O)CC2)ccc1C. The Bertz CT molecular complexity index is 1240. The second-order valence-electron chi connectivity index (χ2n) is 11.5. The molecule has 39 heavy (non-hydrogen) atoms. The molecule has 2 aromatic rings. The van der Waals surface area contributed by atoms with Gasteiger partial charge in [0.15, 0.2) is 0 Å². The Balaban J connectivity index is 1.36. The predicted octanol–water partition coefficient (Wildman–Crippen LogP) is 5.88. The molecular weight excluding hydrogens is 496 g/mol. The van der Waals surface area contributed by atoms with Gasteiger partial charge in [-0.25, -0.2) is 9.59 Å². The van der Waals surface area contributed by atoms with E-state index in [4.69, 9.17) is 9.47 Å². The van der Waals surface area contributed by atoms with E-state index >= 15 is 0 Å². The maximum absolute atomic E-state index is 13.0. The van der Waals surface area contributed by atoms with Crippen molar-refractivity contribution in [2.75, 3.05) is 17.7 Å². The molecule has 4 amide bonds. The molecule has 1 aliphatic heterocycles. The Labute approximate surface area is 230 Å². The quantitative estimate of drug-likeness (QED) is 0.427. The summed E-state index contributed by atoms with van der Waals surface area (Å²) in [5.74, 6) is 0.652. The van der Waals surface area contributed by atoms with Crippen molar-refractivity contribution >= 4 is 29.4 Å². The summed E-state index contributed by atoms with van der Waals surface area (Å²) in [4.78, 5) is 40.0. The Morgan fingerprint density at radius 3 is 2.46 bits per heavy atom. The largest absolute Gasteiger partial charge is 0.496 e. The maximum atomic E-state index is 13.0. The van der Waals surface area contributed by atoms with E-state index < -0.39 is 11.7 Å². The van der Waals surface area contributed by atoms with Crippen LogP contribution in [0.25, 0.3) is 0 Å². The minimum absolute atomic E-state index is 0.00534. The van der Waals surface area contributed by atoms with E-state index in [2.05, 4.69) is 16.0 Å². The lowest BCUT2D eigenvalue weighted by Crippen LogP contribution is -2.47. The third-order valence-electron chi connectivity index (χ3n) is 7.55. The molecule has 9 nitrogen and oxygen atoms in total. The van der Waals surface area contributed by atoms with Crippen LogP contribution in [0.3, 0.4) is 0 Å². The van der Waals surface area contributed by atoms with E-state index in [1.807, 2.05) is 69.9 Å². The third kappa shape index (κ3) is 6.82. The second-order valence-corrected chi connectivity index (χ2v) is 11.5. The number of nitrogens with zero attached hydrogens (tertiary/aromatic N) is 1. The van der Waals surface area contributed by atoms with Gasteiger partial charge in [-0.3, -0.25) is 4.79 Å². The number of amides is 4. The minimum Gasteiger partial charge on any atom is -0.496 e. The highest BCUT2D eigenvalue weighted by Crippen LogP contribution is 2.35. The lowest BCUT2D eigenvalue weighted by Gasteiger charge is -2.40. The highest BCUT2D eigenvalue weighted by Gasteiger charge is 2.35. The van der Waals surface area contributed by atoms with Gasteiger partial charge in [-0.05, 0) is 94.7 Å². The number of hydrogen-bond acceptors (Lipinski definition) is 5. The number of fused-ring (bicyclic) bond motifs is 1. The molecule has 1 fully saturated rings. The number of benzene rings is 2. The molecule has 210 valence electrons. The van der Waals surface area contributed by atoms with Gasteiger partial charge >= 0.3 is 12.1 Å². The third-order valence-corrected chi connectivity index (χ3v) is 7.55. The molecule has 1 heterocycles. The van der Waals surface area contributed by atoms with Gasteiger partial charge in [0.05, 0.1) is 13.7 Å². The summed E-state index contributed by atoms with van der Waals surface area (Å²) in [6.45, 7) is 10.3. The molecule has 2 aliphatic rings. The van der Waals surface area contributed by atoms with Crippen LogP contribution in [0.2, 0.25) is 0 Å². The second kappa shape index (κ2) is 11.6. The number of nitrogens with one attached hydrogen (secondary N) is 3. The average molecular weight is 537 g/mol. The first-order valence-corrected chi connectivity index (χ1v) is 13.6. The number of rotatable bonds is 6. The van der Waals surface area contributed by atoms with Gasteiger partial charge in [0.25, 0.3) is 0 Å². The molecule has 0 saturated heterocycles. The van der Waals surface area contributed by atoms with Gasteiger partial charge in [-0.1, -0.05) is 12.1 Å². The number of hydrogen-bond donors (Lipinski definition) is 3. The zero-order valence-electron chi connectivity index (χ0n) is 23.8. The first-order chi connectivity index (χ1) is 18.4. The fourth-order valence-electron chi connectivity index (χ4n) is 5.32. The Morgan fingerprint density at radius 2 is 1.79 bits per heavy atom. The van der Waals surface area contributed by atoms with E-state index in [9.17, 15) is 14.4 Å². The van der Waals surface area contributed by atoms with Gasteiger partial charge in [-0.2, -0.15) is 0 Å². The van der Waals surface area contributed by atoms with Gasteiger partial charge in [0, 0.05) is 35.9 Å². The van der Waals surface area contributed by atoms with E-state index in [0.717, 1.165) is 65.1 Å². The normalized spacial score (nSPS) is 19.0. The summed E-state index contributed by atoms with van der Waals surface area (Å²) < 4.78 is 10.7. The molecule has 0 bridgehead atoms. The lowest BCUT2D eigenvalue weighted by atomic mass is 9.84. The van der Waals surface area contributed by atoms with E-state index in [1.54, 1.807) is 7.11 Å². The number of anilines is 2. The molecule has 0 aromatic heterocycles. The summed E-state index contributed by atoms with van der Waals surface area (Å²) in [5.41, 5.74) is 5.04. The lowest BCUT2D eigenvalue weighted by molar-refractivity contribution is -0.121. The van der Waals surface area contributed by atoms with Crippen LogP contribution < -0.4 is 20.7 Å². The van der Waals surface area contributed by atoms with Crippen molar-refractivity contribution in [3.8, 4) is 5.75 Å². The zero-order chi connectivity index (χ0) is 28.3. The molecule has 0 spiro atoms. The molecule has 3 N–H and O–H groups in total. The van der Waals surface area contributed by atoms with Crippen LogP contribution in [0, 0.1) is 19.8 Å². The number of ether oxygens (including phenoxy) is 2. The van der Waals surface area contributed by atoms with Crippen molar-refractivity contribution in [2.45, 2.75) is 85.0 Å². The van der Waals surface area contributed by atoms with Gasteiger partial charge in [0.2, 0.25) is 5.91 Å². The standard InChI is InChI=1S/C30H40N4O5/c1-18-7-11-22(15-26(18)38-6)32-27(35)20-8-12-23(13-9-20)34-17-24-19(2)21(10-14-25(24)33-28(34)36)16-31-29(37)39-30(3,4)5/h7,10-11,14-15,20,23H,8-9,12-13,16-17H2,1-6H3,(H,31,37)(H,32,35)(H,33,36). The van der Waals surface area contributed by atoms with Crippen LogP contribution in [0.15, 0.2) is 30.3 Å². The number of urea groups is 1. The minimum atomic E-state index is -0.562. The van der Waals surface area contributed by atoms with Crippen LogP contribution in [0.5, 0.6) is 5.75 Å². The first kappa shape index (κ1) is 28.3. The maximum Gasteiger partial charge on any atom is 0.407 e. The number of carbonyl (C=O) groups is 3. The molecule has 0 atom stereocenters. The average Bonchev–Trinajstić information content (AvgIpc) is 2.88. The Morgan fingerprint density at radius 1 is 1.08 bits per heavy atom. The molecule has 4 rings (SSSR count). The number of carbonyl (C=O) groups excluding carboxylic acids is 3. The van der Waals surface area contributed by atoms with Crippen molar-refractivity contribution in [1.29, 1.82) is 0 Å². The summed E-state index contributed by atoms with van der Waals surface area (Å²) in [6.07, 6.45) is 2.50. The van der Waals surface area contributed by atoms with Crippen molar-refractivity contribution in [1.82, 2.24) is 10.2 Å². The van der Waals surface area contributed by atoms with Gasteiger partial charge in [0.1, 0.15) is 11.4 Å². The van der Waals surface area contributed by atoms with Crippen LogP contribution in [0.4, 0.5) is 21.0 Å². The van der Waals surface area contributed by atoms with Gasteiger partial charge in [-0.15, -0.1) is 0 Å².